The highest BCUT2D eigenvalue weighted by Crippen LogP contribution is 2.21. The Labute approximate surface area is 154 Å². The number of nitrogens with zero attached hydrogens (tertiary/aromatic N) is 6. The molecule has 0 atom stereocenters. The first-order chi connectivity index (χ1) is 13.0. The fourth-order valence-electron chi connectivity index (χ4n) is 3.01. The predicted octanol–water partition coefficient (Wildman–Crippen LogP) is 1.70. The number of aromatic nitrogens is 7. The number of aromatic amines is 1. The number of nitrogens with one attached hydrogen (secondary N) is 2. The first-order valence-corrected chi connectivity index (χ1v) is 8.44. The highest BCUT2D eigenvalue weighted by atomic mass is 16.1. The summed E-state index contributed by atoms with van der Waals surface area (Å²) >= 11 is 0. The zero-order valence-corrected chi connectivity index (χ0v) is 15.2. The summed E-state index contributed by atoms with van der Waals surface area (Å²) in [5, 5.41) is 15.0. The van der Waals surface area contributed by atoms with Gasteiger partial charge in [-0.2, -0.15) is 10.2 Å². The van der Waals surface area contributed by atoms with Crippen LogP contribution in [0.3, 0.4) is 0 Å². The molecule has 0 aliphatic carbocycles. The maximum Gasteiger partial charge on any atom is 0.252 e. The van der Waals surface area contributed by atoms with Crippen LogP contribution in [0.4, 0.5) is 0 Å². The van der Waals surface area contributed by atoms with Crippen LogP contribution >= 0.6 is 0 Å². The zero-order chi connectivity index (χ0) is 19.0. The number of rotatable bonds is 4. The number of aryl methyl sites for hydroxylation is 3. The fourth-order valence-corrected chi connectivity index (χ4v) is 3.01. The van der Waals surface area contributed by atoms with Gasteiger partial charge in [0.25, 0.3) is 5.91 Å². The van der Waals surface area contributed by atoms with Gasteiger partial charge in [0.15, 0.2) is 11.5 Å². The molecule has 0 unspecified atom stereocenters. The van der Waals surface area contributed by atoms with Crippen molar-refractivity contribution in [3.05, 3.63) is 53.4 Å². The molecule has 0 aliphatic heterocycles. The van der Waals surface area contributed by atoms with Crippen LogP contribution in [0.5, 0.6) is 0 Å². The van der Waals surface area contributed by atoms with Gasteiger partial charge in [0, 0.05) is 30.7 Å². The number of amides is 1. The third-order valence-corrected chi connectivity index (χ3v) is 4.23. The molecule has 9 heteroatoms. The van der Waals surface area contributed by atoms with Crippen molar-refractivity contribution in [2.24, 2.45) is 7.05 Å². The minimum Gasteiger partial charge on any atom is -0.345 e. The molecule has 0 bridgehead atoms. The van der Waals surface area contributed by atoms with Crippen molar-refractivity contribution in [1.82, 2.24) is 40.2 Å². The number of pyridine rings is 2. The molecule has 0 aliphatic rings. The highest BCUT2D eigenvalue weighted by molar-refractivity contribution is 6.06. The molecule has 0 radical (unpaired) electrons. The standard InChI is InChI=1S/C18H18N8O/c1-10-8-13(15-11(2)25-26(3)17(15)21-10)18(27)20-9-14-22-16(24-23-14)12-4-6-19-7-5-12/h4-8H,9H2,1-3H3,(H,20,27)(H,22,23,24). The van der Waals surface area contributed by atoms with Crippen molar-refractivity contribution in [3.63, 3.8) is 0 Å². The van der Waals surface area contributed by atoms with Crippen LogP contribution in [0.2, 0.25) is 0 Å². The van der Waals surface area contributed by atoms with Crippen molar-refractivity contribution in [2.45, 2.75) is 20.4 Å². The summed E-state index contributed by atoms with van der Waals surface area (Å²) < 4.78 is 1.69. The fraction of sp³-hybridized carbons (Fsp3) is 0.222. The minimum atomic E-state index is -0.205. The average molecular weight is 362 g/mol. The van der Waals surface area contributed by atoms with Crippen molar-refractivity contribution in [2.75, 3.05) is 0 Å². The molecule has 0 fully saturated rings. The van der Waals surface area contributed by atoms with Gasteiger partial charge in [0.1, 0.15) is 5.82 Å². The van der Waals surface area contributed by atoms with Crippen molar-refractivity contribution < 1.29 is 4.79 Å². The molecule has 0 saturated carbocycles. The average Bonchev–Trinajstić information content (AvgIpc) is 3.25. The Kier molecular flexibility index (Phi) is 4.11. The molecule has 4 rings (SSSR count). The lowest BCUT2D eigenvalue weighted by Gasteiger charge is -2.06. The maximum atomic E-state index is 12.8. The van der Waals surface area contributed by atoms with E-state index in [-0.39, 0.29) is 12.5 Å². The lowest BCUT2D eigenvalue weighted by molar-refractivity contribution is 0.0951. The SMILES string of the molecule is Cc1cc(C(=O)NCc2nc(-c3ccncc3)n[nH]2)c2c(C)nn(C)c2n1. The quantitative estimate of drug-likeness (QED) is 0.571. The van der Waals surface area contributed by atoms with Gasteiger partial charge in [0.05, 0.1) is 23.2 Å². The normalized spacial score (nSPS) is 11.1. The molecule has 0 spiro atoms. The molecule has 27 heavy (non-hydrogen) atoms. The molecule has 0 saturated heterocycles. The Bertz CT molecular complexity index is 1130. The Morgan fingerprint density at radius 2 is 2.00 bits per heavy atom. The van der Waals surface area contributed by atoms with Gasteiger partial charge in [0.2, 0.25) is 0 Å². The van der Waals surface area contributed by atoms with Crippen LogP contribution in [0.15, 0.2) is 30.6 Å². The van der Waals surface area contributed by atoms with Crippen LogP contribution in [-0.2, 0) is 13.6 Å². The van der Waals surface area contributed by atoms with Gasteiger partial charge in [-0.05, 0) is 32.0 Å². The summed E-state index contributed by atoms with van der Waals surface area (Å²) in [6.07, 6.45) is 3.36. The lowest BCUT2D eigenvalue weighted by Crippen LogP contribution is -2.24. The van der Waals surface area contributed by atoms with Crippen molar-refractivity contribution in [1.29, 1.82) is 0 Å². The smallest absolute Gasteiger partial charge is 0.252 e. The zero-order valence-electron chi connectivity index (χ0n) is 15.2. The highest BCUT2D eigenvalue weighted by Gasteiger charge is 2.18. The van der Waals surface area contributed by atoms with Gasteiger partial charge in [-0.15, -0.1) is 0 Å². The van der Waals surface area contributed by atoms with E-state index in [1.54, 1.807) is 23.1 Å². The van der Waals surface area contributed by atoms with E-state index in [9.17, 15) is 4.79 Å². The molecule has 2 N–H and O–H groups in total. The molecular weight excluding hydrogens is 344 g/mol. The Morgan fingerprint density at radius 3 is 2.78 bits per heavy atom. The summed E-state index contributed by atoms with van der Waals surface area (Å²) in [7, 11) is 1.82. The van der Waals surface area contributed by atoms with E-state index >= 15 is 0 Å². The number of fused-ring (bicyclic) bond motifs is 1. The van der Waals surface area contributed by atoms with Gasteiger partial charge >= 0.3 is 0 Å². The van der Waals surface area contributed by atoms with E-state index in [4.69, 9.17) is 0 Å². The maximum absolute atomic E-state index is 12.8. The van der Waals surface area contributed by atoms with E-state index in [2.05, 4.69) is 35.6 Å². The molecule has 136 valence electrons. The van der Waals surface area contributed by atoms with Crippen molar-refractivity contribution >= 4 is 16.9 Å². The molecular formula is C18H18N8O. The molecule has 4 aromatic rings. The third kappa shape index (κ3) is 3.14. The first-order valence-electron chi connectivity index (χ1n) is 8.44. The van der Waals surface area contributed by atoms with Crippen molar-refractivity contribution in [3.8, 4) is 11.4 Å². The number of carbonyl (C=O) groups is 1. The second-order valence-electron chi connectivity index (χ2n) is 6.24. The molecule has 4 heterocycles. The van der Waals surface area contributed by atoms with Gasteiger partial charge in [-0.25, -0.2) is 9.97 Å². The van der Waals surface area contributed by atoms with E-state index in [1.165, 1.54) is 0 Å². The summed E-state index contributed by atoms with van der Waals surface area (Å²) in [6.45, 7) is 3.96. The van der Waals surface area contributed by atoms with Gasteiger partial charge in [-0.3, -0.25) is 19.6 Å². The summed E-state index contributed by atoms with van der Waals surface area (Å²) in [5.74, 6) is 0.926. The third-order valence-electron chi connectivity index (χ3n) is 4.23. The topological polar surface area (TPSA) is 114 Å². The van der Waals surface area contributed by atoms with E-state index in [0.29, 0.717) is 22.9 Å². The number of hydrogen-bond acceptors (Lipinski definition) is 6. The van der Waals surface area contributed by atoms with Crippen LogP contribution in [0.25, 0.3) is 22.4 Å². The van der Waals surface area contributed by atoms with E-state index in [0.717, 1.165) is 22.3 Å². The van der Waals surface area contributed by atoms with E-state index in [1.807, 2.05) is 33.0 Å². The second-order valence-corrected chi connectivity index (χ2v) is 6.24. The Hall–Kier alpha value is -3.62. The van der Waals surface area contributed by atoms with Gasteiger partial charge in [-0.1, -0.05) is 0 Å². The van der Waals surface area contributed by atoms with Crippen LogP contribution < -0.4 is 5.32 Å². The van der Waals surface area contributed by atoms with Crippen LogP contribution in [0.1, 0.15) is 27.6 Å². The molecule has 9 nitrogen and oxygen atoms in total. The van der Waals surface area contributed by atoms with E-state index < -0.39 is 0 Å². The van der Waals surface area contributed by atoms with Gasteiger partial charge < -0.3 is 5.32 Å². The minimum absolute atomic E-state index is 0.205. The van der Waals surface area contributed by atoms with Crippen LogP contribution in [-0.4, -0.2) is 40.8 Å². The predicted molar refractivity (Wildman–Crippen MR) is 98.8 cm³/mol. The molecule has 1 amide bonds. The summed E-state index contributed by atoms with van der Waals surface area (Å²) in [6, 6.07) is 5.43. The number of carbonyl (C=O) groups excluding carboxylic acids is 1. The lowest BCUT2D eigenvalue weighted by atomic mass is 10.1. The molecule has 4 aromatic heterocycles. The number of H-pyrrole nitrogens is 1. The Morgan fingerprint density at radius 1 is 1.22 bits per heavy atom. The van der Waals surface area contributed by atoms with Crippen LogP contribution in [0, 0.1) is 13.8 Å². The molecule has 0 aromatic carbocycles. The first kappa shape index (κ1) is 16.8. The summed E-state index contributed by atoms with van der Waals surface area (Å²) in [4.78, 5) is 25.6. The second kappa shape index (κ2) is 6.60. The Balaban J connectivity index is 1.56. The largest absolute Gasteiger partial charge is 0.345 e. The summed E-state index contributed by atoms with van der Waals surface area (Å²) in [5.41, 5.74) is 3.63. The number of hydrogen-bond donors (Lipinski definition) is 2. The monoisotopic (exact) mass is 362 g/mol.